The minimum atomic E-state index is -0.827. The predicted molar refractivity (Wildman–Crippen MR) is 103 cm³/mol. The molecule has 2 aromatic rings. The number of phenolic OH excluding ortho intramolecular Hbond substituents is 1. The zero-order valence-electron chi connectivity index (χ0n) is 15.4. The van der Waals surface area contributed by atoms with Crippen LogP contribution in [-0.4, -0.2) is 28.3 Å². The van der Waals surface area contributed by atoms with Crippen LogP contribution >= 0.6 is 0 Å². The number of primary amides is 1. The van der Waals surface area contributed by atoms with Crippen LogP contribution in [0.1, 0.15) is 28.7 Å². The molecule has 140 valence electrons. The van der Waals surface area contributed by atoms with E-state index in [1.807, 2.05) is 56.3 Å². The number of benzene rings is 2. The Hall–Kier alpha value is -2.37. The molecule has 26 heavy (non-hydrogen) atoms. The summed E-state index contributed by atoms with van der Waals surface area (Å²) in [6.07, 6.45) is 0.326. The summed E-state index contributed by atoms with van der Waals surface area (Å²) in [4.78, 5) is 11.9. The maximum atomic E-state index is 11.9. The van der Waals surface area contributed by atoms with Crippen LogP contribution in [0, 0.1) is 19.8 Å². The number of hydrogen-bond acceptors (Lipinski definition) is 4. The summed E-state index contributed by atoms with van der Waals surface area (Å²) in [5.74, 6) is -0.719. The van der Waals surface area contributed by atoms with E-state index < -0.39 is 24.0 Å². The second kappa shape index (κ2) is 8.83. The van der Waals surface area contributed by atoms with Gasteiger partial charge in [0.2, 0.25) is 5.91 Å². The summed E-state index contributed by atoms with van der Waals surface area (Å²) >= 11 is 0. The van der Waals surface area contributed by atoms with Gasteiger partial charge in [-0.2, -0.15) is 0 Å². The molecule has 0 bridgehead atoms. The number of nitrogens with two attached hydrogens (primary N) is 2. The van der Waals surface area contributed by atoms with Crippen LogP contribution in [0.25, 0.3) is 0 Å². The van der Waals surface area contributed by atoms with Crippen LogP contribution in [-0.2, 0) is 17.6 Å². The van der Waals surface area contributed by atoms with E-state index in [1.165, 1.54) is 0 Å². The van der Waals surface area contributed by atoms with Crippen molar-refractivity contribution in [3.8, 4) is 5.75 Å². The summed E-state index contributed by atoms with van der Waals surface area (Å²) in [6.45, 7) is 3.63. The Morgan fingerprint density at radius 3 is 2.15 bits per heavy atom. The van der Waals surface area contributed by atoms with Crippen molar-refractivity contribution in [2.45, 2.75) is 45.3 Å². The molecule has 5 nitrogen and oxygen atoms in total. The fraction of sp³-hybridized carbons (Fsp3) is 0.381. The third-order valence-electron chi connectivity index (χ3n) is 4.77. The molecule has 0 heterocycles. The molecule has 0 aromatic heterocycles. The van der Waals surface area contributed by atoms with Gasteiger partial charge in [0.15, 0.2) is 0 Å². The van der Waals surface area contributed by atoms with Crippen molar-refractivity contribution in [2.75, 3.05) is 0 Å². The lowest BCUT2D eigenvalue weighted by atomic mass is 9.88. The maximum Gasteiger partial charge on any atom is 0.220 e. The van der Waals surface area contributed by atoms with E-state index in [0.29, 0.717) is 12.8 Å². The number of phenols is 1. The van der Waals surface area contributed by atoms with Gasteiger partial charge in [0.25, 0.3) is 0 Å². The van der Waals surface area contributed by atoms with E-state index >= 15 is 0 Å². The zero-order chi connectivity index (χ0) is 19.3. The van der Waals surface area contributed by atoms with Gasteiger partial charge in [-0.25, -0.2) is 0 Å². The van der Waals surface area contributed by atoms with Crippen molar-refractivity contribution in [3.05, 3.63) is 64.7 Å². The number of carbonyl (C=O) groups is 1. The third-order valence-corrected chi connectivity index (χ3v) is 4.77. The number of amides is 1. The number of aromatic hydroxyl groups is 1. The summed E-state index contributed by atoms with van der Waals surface area (Å²) in [5.41, 5.74) is 15.1. The zero-order valence-corrected chi connectivity index (χ0v) is 15.4. The highest BCUT2D eigenvalue weighted by atomic mass is 16.3. The quantitative estimate of drug-likeness (QED) is 0.580. The molecular weight excluding hydrogens is 328 g/mol. The molecule has 2 aromatic carbocycles. The molecule has 0 saturated heterocycles. The summed E-state index contributed by atoms with van der Waals surface area (Å²) in [7, 11) is 0. The highest BCUT2D eigenvalue weighted by Crippen LogP contribution is 2.25. The van der Waals surface area contributed by atoms with Crippen molar-refractivity contribution < 1.29 is 15.0 Å². The fourth-order valence-electron chi connectivity index (χ4n) is 3.24. The third kappa shape index (κ3) is 5.31. The second-order valence-corrected chi connectivity index (χ2v) is 7.04. The van der Waals surface area contributed by atoms with E-state index in [9.17, 15) is 15.0 Å². The lowest BCUT2D eigenvalue weighted by molar-refractivity contribution is -0.122. The van der Waals surface area contributed by atoms with Gasteiger partial charge in [0, 0.05) is 12.0 Å². The van der Waals surface area contributed by atoms with Crippen molar-refractivity contribution in [3.63, 3.8) is 0 Å². The normalized spacial score (nSPS) is 14.6. The lowest BCUT2D eigenvalue weighted by Crippen LogP contribution is -2.40. The smallest absolute Gasteiger partial charge is 0.220 e. The Labute approximate surface area is 154 Å². The van der Waals surface area contributed by atoms with Crippen molar-refractivity contribution >= 4 is 5.91 Å². The molecule has 6 N–H and O–H groups in total. The fourth-order valence-corrected chi connectivity index (χ4v) is 3.24. The molecule has 0 fully saturated rings. The minimum absolute atomic E-state index is 0.211. The van der Waals surface area contributed by atoms with E-state index in [-0.39, 0.29) is 12.2 Å². The highest BCUT2D eigenvalue weighted by Gasteiger charge is 2.24. The number of aliphatic hydroxyl groups is 1. The van der Waals surface area contributed by atoms with Crippen molar-refractivity contribution in [1.82, 2.24) is 0 Å². The SMILES string of the molecule is Cc1cc(CC(CC(O)C(N)Cc2ccccc2)C(N)=O)cc(C)c1O. The standard InChI is InChI=1S/C21H28N2O3/c1-13-8-16(9-14(2)20(13)25)10-17(21(23)26)12-19(24)18(22)11-15-6-4-3-5-7-15/h3-9,17-19,24-25H,10-12,22H2,1-2H3,(H2,23,26). The minimum Gasteiger partial charge on any atom is -0.507 e. The van der Waals surface area contributed by atoms with Gasteiger partial charge >= 0.3 is 0 Å². The van der Waals surface area contributed by atoms with Crippen LogP contribution in [0.3, 0.4) is 0 Å². The molecule has 3 unspecified atom stereocenters. The van der Waals surface area contributed by atoms with Crippen LogP contribution < -0.4 is 11.5 Å². The van der Waals surface area contributed by atoms with Gasteiger partial charge in [-0.3, -0.25) is 4.79 Å². The molecule has 5 heteroatoms. The Morgan fingerprint density at radius 2 is 1.62 bits per heavy atom. The Morgan fingerprint density at radius 1 is 1.04 bits per heavy atom. The van der Waals surface area contributed by atoms with Crippen LogP contribution in [0.15, 0.2) is 42.5 Å². The van der Waals surface area contributed by atoms with Crippen molar-refractivity contribution in [1.29, 1.82) is 0 Å². The largest absolute Gasteiger partial charge is 0.507 e. The number of hydrogen-bond donors (Lipinski definition) is 4. The van der Waals surface area contributed by atoms with Crippen molar-refractivity contribution in [2.24, 2.45) is 17.4 Å². The first-order valence-electron chi connectivity index (χ1n) is 8.84. The molecule has 0 aliphatic heterocycles. The van der Waals surface area contributed by atoms with Crippen LogP contribution in [0.2, 0.25) is 0 Å². The van der Waals surface area contributed by atoms with Gasteiger partial charge in [0.05, 0.1) is 6.10 Å². The molecule has 1 amide bonds. The van der Waals surface area contributed by atoms with Gasteiger partial charge in [-0.15, -0.1) is 0 Å². The number of aryl methyl sites for hydroxylation is 2. The molecular formula is C21H28N2O3. The van der Waals surface area contributed by atoms with Gasteiger partial charge < -0.3 is 21.7 Å². The average Bonchev–Trinajstić information content (AvgIpc) is 2.59. The van der Waals surface area contributed by atoms with E-state index in [2.05, 4.69) is 0 Å². The second-order valence-electron chi connectivity index (χ2n) is 7.04. The highest BCUT2D eigenvalue weighted by molar-refractivity contribution is 5.77. The molecule has 3 atom stereocenters. The van der Waals surface area contributed by atoms with Gasteiger partial charge in [-0.05, 0) is 55.4 Å². The number of carbonyl (C=O) groups excluding carboxylic acids is 1. The van der Waals surface area contributed by atoms with Crippen LogP contribution in [0.4, 0.5) is 0 Å². The Balaban J connectivity index is 2.04. The molecule has 0 aliphatic carbocycles. The molecule has 0 aliphatic rings. The monoisotopic (exact) mass is 356 g/mol. The lowest BCUT2D eigenvalue weighted by Gasteiger charge is -2.23. The van der Waals surface area contributed by atoms with E-state index in [4.69, 9.17) is 11.5 Å². The Bertz CT molecular complexity index is 723. The first-order valence-corrected chi connectivity index (χ1v) is 8.84. The number of rotatable bonds is 8. The summed E-state index contributed by atoms with van der Waals surface area (Å²) < 4.78 is 0. The molecule has 2 rings (SSSR count). The van der Waals surface area contributed by atoms with Crippen LogP contribution in [0.5, 0.6) is 5.75 Å². The first kappa shape index (κ1) is 19.9. The predicted octanol–water partition coefficient (Wildman–Crippen LogP) is 1.97. The first-order chi connectivity index (χ1) is 12.3. The van der Waals surface area contributed by atoms with E-state index in [0.717, 1.165) is 22.3 Å². The average molecular weight is 356 g/mol. The van der Waals surface area contributed by atoms with E-state index in [1.54, 1.807) is 0 Å². The summed E-state index contributed by atoms with van der Waals surface area (Å²) in [6, 6.07) is 12.9. The molecule has 0 saturated carbocycles. The van der Waals surface area contributed by atoms with Gasteiger partial charge in [0.1, 0.15) is 5.75 Å². The Kier molecular flexibility index (Phi) is 6.77. The number of aliphatic hydroxyl groups excluding tert-OH is 1. The summed E-state index contributed by atoms with van der Waals surface area (Å²) in [5, 5.41) is 20.3. The maximum absolute atomic E-state index is 11.9. The molecule has 0 spiro atoms. The topological polar surface area (TPSA) is 110 Å². The van der Waals surface area contributed by atoms with Gasteiger partial charge in [-0.1, -0.05) is 42.5 Å². The molecule has 0 radical (unpaired) electrons.